The number of nitrogens with zero attached hydrogens (tertiary/aromatic N) is 3. The maximum atomic E-state index is 10.1. The second kappa shape index (κ2) is 5.32. The van der Waals surface area contributed by atoms with Gasteiger partial charge in [0.25, 0.3) is 0 Å². The molecule has 1 aliphatic heterocycles. The number of aliphatic hydroxyl groups is 4. The number of aryl methyl sites for hydroxylation is 1. The lowest BCUT2D eigenvalue weighted by atomic mass is 10.1. The molecule has 1 saturated heterocycles. The summed E-state index contributed by atoms with van der Waals surface area (Å²) in [6, 6.07) is 1.79. The van der Waals surface area contributed by atoms with Gasteiger partial charge in [0.05, 0.1) is 12.3 Å². The average molecular weight is 295 g/mol. The first kappa shape index (κ1) is 14.4. The molecule has 114 valence electrons. The predicted molar refractivity (Wildman–Crippen MR) is 71.3 cm³/mol. The molecule has 2 aromatic heterocycles. The third kappa shape index (κ3) is 2.21. The van der Waals surface area contributed by atoms with E-state index < -0.39 is 37.3 Å². The summed E-state index contributed by atoms with van der Waals surface area (Å²) in [6.07, 6.45) is -2.65. The van der Waals surface area contributed by atoms with Crippen LogP contribution in [0.2, 0.25) is 0 Å². The van der Waals surface area contributed by atoms with Crippen molar-refractivity contribution in [1.82, 2.24) is 14.5 Å². The van der Waals surface area contributed by atoms with Gasteiger partial charge in [0, 0.05) is 11.6 Å². The van der Waals surface area contributed by atoms with E-state index in [0.717, 1.165) is 11.1 Å². The summed E-state index contributed by atoms with van der Waals surface area (Å²) in [5.74, 6) is 0. The minimum Gasteiger partial charge on any atom is -0.394 e. The van der Waals surface area contributed by atoms with Crippen LogP contribution in [0, 0.1) is 6.92 Å². The number of fused-ring (bicyclic) bond motifs is 1. The van der Waals surface area contributed by atoms with Crippen LogP contribution < -0.4 is 0 Å². The molecule has 4 N–H and O–H groups in total. The van der Waals surface area contributed by atoms with E-state index in [0.29, 0.717) is 5.65 Å². The van der Waals surface area contributed by atoms with Gasteiger partial charge in [-0.15, -0.1) is 0 Å². The molecule has 2 aromatic rings. The zero-order valence-electron chi connectivity index (χ0n) is 11.4. The lowest BCUT2D eigenvalue weighted by Crippen LogP contribution is -2.40. The fourth-order valence-corrected chi connectivity index (χ4v) is 2.64. The zero-order valence-corrected chi connectivity index (χ0v) is 11.4. The smallest absolute Gasteiger partial charge is 0.164 e. The maximum Gasteiger partial charge on any atom is 0.164 e. The van der Waals surface area contributed by atoms with Gasteiger partial charge >= 0.3 is 0 Å². The summed E-state index contributed by atoms with van der Waals surface area (Å²) in [5.41, 5.74) is 1.36. The molecule has 21 heavy (non-hydrogen) atoms. The minimum absolute atomic E-state index is 0.561. The van der Waals surface area contributed by atoms with Gasteiger partial charge in [-0.25, -0.2) is 9.97 Å². The third-order valence-corrected chi connectivity index (χ3v) is 3.82. The summed E-state index contributed by atoms with van der Waals surface area (Å²) >= 11 is 0. The predicted octanol–water partition coefficient (Wildman–Crippen LogP) is -1.29. The molecule has 0 unspecified atom stereocenters. The van der Waals surface area contributed by atoms with Crippen LogP contribution in [0.5, 0.6) is 0 Å². The highest BCUT2D eigenvalue weighted by molar-refractivity contribution is 5.78. The highest BCUT2D eigenvalue weighted by Gasteiger charge is 2.46. The first-order valence-electron chi connectivity index (χ1n) is 6.63. The summed E-state index contributed by atoms with van der Waals surface area (Å²) in [6.45, 7) is 1.28. The van der Waals surface area contributed by atoms with Crippen molar-refractivity contribution in [1.29, 1.82) is 0 Å². The SMILES string of the molecule is Cc1ncnc2c1ccn2[C@@H]1O[C@@H]([C@H](O)CO)[C@@H](O)[C@H]1O. The molecule has 0 aromatic carbocycles. The molecule has 0 saturated carbocycles. The van der Waals surface area contributed by atoms with Gasteiger partial charge in [0.15, 0.2) is 6.23 Å². The van der Waals surface area contributed by atoms with E-state index in [1.165, 1.54) is 6.33 Å². The van der Waals surface area contributed by atoms with Crippen molar-refractivity contribution in [3.8, 4) is 0 Å². The number of ether oxygens (including phenoxy) is 1. The number of aliphatic hydroxyl groups excluding tert-OH is 4. The lowest BCUT2D eigenvalue weighted by molar-refractivity contribution is -0.0961. The number of hydrogen-bond donors (Lipinski definition) is 4. The van der Waals surface area contributed by atoms with Crippen LogP contribution in [0.4, 0.5) is 0 Å². The first-order valence-corrected chi connectivity index (χ1v) is 6.63. The van der Waals surface area contributed by atoms with Crippen LogP contribution in [0.25, 0.3) is 11.0 Å². The van der Waals surface area contributed by atoms with Crippen molar-refractivity contribution in [3.63, 3.8) is 0 Å². The van der Waals surface area contributed by atoms with Crippen molar-refractivity contribution in [2.45, 2.75) is 37.6 Å². The Morgan fingerprint density at radius 2 is 2.10 bits per heavy atom. The molecule has 3 heterocycles. The molecule has 8 nitrogen and oxygen atoms in total. The minimum atomic E-state index is -1.29. The molecule has 0 bridgehead atoms. The number of rotatable bonds is 3. The zero-order chi connectivity index (χ0) is 15.1. The Morgan fingerprint density at radius 3 is 2.81 bits per heavy atom. The van der Waals surface area contributed by atoms with Gasteiger partial charge in [-0.05, 0) is 13.0 Å². The van der Waals surface area contributed by atoms with Crippen molar-refractivity contribution in [2.75, 3.05) is 6.61 Å². The molecule has 0 aliphatic carbocycles. The third-order valence-electron chi connectivity index (χ3n) is 3.82. The van der Waals surface area contributed by atoms with Gasteiger partial charge in [-0.2, -0.15) is 0 Å². The summed E-state index contributed by atoms with van der Waals surface area (Å²) in [4.78, 5) is 8.25. The first-order chi connectivity index (χ1) is 10.0. The molecule has 0 radical (unpaired) electrons. The molecule has 0 amide bonds. The van der Waals surface area contributed by atoms with Crippen LogP contribution in [-0.4, -0.2) is 66.0 Å². The van der Waals surface area contributed by atoms with Crippen molar-refractivity contribution >= 4 is 11.0 Å². The topological polar surface area (TPSA) is 121 Å². The van der Waals surface area contributed by atoms with Gasteiger partial charge in [-0.1, -0.05) is 0 Å². The van der Waals surface area contributed by atoms with E-state index in [1.54, 1.807) is 16.8 Å². The monoisotopic (exact) mass is 295 g/mol. The average Bonchev–Trinajstić information content (AvgIpc) is 3.02. The summed E-state index contributed by atoms with van der Waals surface area (Å²) in [7, 11) is 0. The van der Waals surface area contributed by atoms with Crippen LogP contribution in [0.15, 0.2) is 18.6 Å². The largest absolute Gasteiger partial charge is 0.394 e. The Morgan fingerprint density at radius 1 is 1.33 bits per heavy atom. The van der Waals surface area contributed by atoms with Crippen molar-refractivity contribution in [2.24, 2.45) is 0 Å². The lowest BCUT2D eigenvalue weighted by Gasteiger charge is -2.19. The summed E-state index contributed by atoms with van der Waals surface area (Å²) in [5, 5.41) is 39.5. The van der Waals surface area contributed by atoms with Crippen molar-refractivity contribution in [3.05, 3.63) is 24.3 Å². The number of aromatic nitrogens is 3. The Balaban J connectivity index is 1.98. The fourth-order valence-electron chi connectivity index (χ4n) is 2.64. The van der Waals surface area contributed by atoms with Crippen LogP contribution in [-0.2, 0) is 4.74 Å². The van der Waals surface area contributed by atoms with Crippen LogP contribution in [0.3, 0.4) is 0 Å². The van der Waals surface area contributed by atoms with Crippen LogP contribution >= 0.6 is 0 Å². The fraction of sp³-hybridized carbons (Fsp3) is 0.538. The van der Waals surface area contributed by atoms with E-state index in [4.69, 9.17) is 9.84 Å². The molecule has 5 atom stereocenters. The Labute approximate surface area is 120 Å². The molecule has 3 rings (SSSR count). The Bertz CT molecular complexity index is 646. The van der Waals surface area contributed by atoms with Crippen LogP contribution in [0.1, 0.15) is 11.9 Å². The molecular weight excluding hydrogens is 278 g/mol. The van der Waals surface area contributed by atoms with Gasteiger partial charge in [0.2, 0.25) is 0 Å². The van der Waals surface area contributed by atoms with E-state index in [2.05, 4.69) is 9.97 Å². The summed E-state index contributed by atoms with van der Waals surface area (Å²) < 4.78 is 7.11. The van der Waals surface area contributed by atoms with E-state index in [9.17, 15) is 15.3 Å². The quantitative estimate of drug-likeness (QED) is 0.556. The van der Waals surface area contributed by atoms with Crippen molar-refractivity contribution < 1.29 is 25.2 Å². The molecule has 1 aliphatic rings. The van der Waals surface area contributed by atoms with E-state index >= 15 is 0 Å². The molecule has 1 fully saturated rings. The van der Waals surface area contributed by atoms with Gasteiger partial charge in [-0.3, -0.25) is 0 Å². The second-order valence-corrected chi connectivity index (χ2v) is 5.14. The van der Waals surface area contributed by atoms with E-state index in [-0.39, 0.29) is 0 Å². The molecule has 0 spiro atoms. The normalized spacial score (nSPS) is 30.9. The highest BCUT2D eigenvalue weighted by atomic mass is 16.6. The standard InChI is InChI=1S/C13H17N3O5/c1-6-7-2-3-16(12(7)15-5-14-6)13-10(20)9(19)11(21-13)8(18)4-17/h2-3,5,8-11,13,17-20H,4H2,1H3/t8-,9+,10-,11+,13-/m1/s1. The van der Waals surface area contributed by atoms with E-state index in [1.807, 2.05) is 6.92 Å². The maximum absolute atomic E-state index is 10.1. The Hall–Kier alpha value is -1.58. The second-order valence-electron chi connectivity index (χ2n) is 5.14. The molecule has 8 heteroatoms. The number of hydrogen-bond acceptors (Lipinski definition) is 7. The van der Waals surface area contributed by atoms with Gasteiger partial charge < -0.3 is 29.7 Å². The molecular formula is C13H17N3O5. The van der Waals surface area contributed by atoms with Gasteiger partial charge in [0.1, 0.15) is 36.4 Å². The highest BCUT2D eigenvalue weighted by Crippen LogP contribution is 2.33. The Kier molecular flexibility index (Phi) is 3.64.